The fraction of sp³-hybridized carbons (Fsp3) is 0.350. The SMILES string of the molecule is Cn1c2c(c(=O)n(C)c1=O)[C@H](c1cccc(C(F)(F)F)c1)C1=C(CCCC1=O)N2. The summed E-state index contributed by atoms with van der Waals surface area (Å²) in [6.07, 6.45) is -3.20. The third-order valence-corrected chi connectivity index (χ3v) is 5.55. The van der Waals surface area contributed by atoms with Crippen molar-refractivity contribution in [2.75, 3.05) is 5.32 Å². The molecule has 152 valence electrons. The molecule has 0 radical (unpaired) electrons. The third-order valence-electron chi connectivity index (χ3n) is 5.55. The molecule has 6 nitrogen and oxygen atoms in total. The van der Waals surface area contributed by atoms with Crippen molar-refractivity contribution in [3.05, 3.63) is 73.1 Å². The number of carbonyl (C=O) groups excluding carboxylic acids is 1. The van der Waals surface area contributed by atoms with E-state index in [1.54, 1.807) is 0 Å². The summed E-state index contributed by atoms with van der Waals surface area (Å²) in [5, 5.41) is 3.04. The third kappa shape index (κ3) is 2.92. The maximum absolute atomic E-state index is 13.3. The van der Waals surface area contributed by atoms with Crippen LogP contribution < -0.4 is 16.6 Å². The Morgan fingerprint density at radius 2 is 1.79 bits per heavy atom. The van der Waals surface area contributed by atoms with Crippen LogP contribution in [-0.2, 0) is 25.1 Å². The van der Waals surface area contributed by atoms with Crippen molar-refractivity contribution in [1.82, 2.24) is 9.13 Å². The van der Waals surface area contributed by atoms with E-state index in [1.807, 2.05) is 0 Å². The maximum atomic E-state index is 13.3. The summed E-state index contributed by atoms with van der Waals surface area (Å²) in [7, 11) is 2.79. The highest BCUT2D eigenvalue weighted by atomic mass is 19.4. The zero-order valence-electron chi connectivity index (χ0n) is 15.8. The molecule has 0 saturated carbocycles. The Balaban J connectivity index is 2.06. The normalized spacial score (nSPS) is 18.9. The van der Waals surface area contributed by atoms with Gasteiger partial charge in [-0.1, -0.05) is 18.2 Å². The second-order valence-corrected chi connectivity index (χ2v) is 7.32. The van der Waals surface area contributed by atoms with E-state index in [1.165, 1.54) is 30.8 Å². The lowest BCUT2D eigenvalue weighted by atomic mass is 9.76. The molecule has 1 aromatic carbocycles. The molecule has 2 heterocycles. The largest absolute Gasteiger partial charge is 0.416 e. The van der Waals surface area contributed by atoms with E-state index in [0.29, 0.717) is 24.1 Å². The minimum atomic E-state index is -4.56. The topological polar surface area (TPSA) is 73.1 Å². The van der Waals surface area contributed by atoms with E-state index >= 15 is 0 Å². The number of fused-ring (bicyclic) bond motifs is 1. The Morgan fingerprint density at radius 3 is 2.48 bits per heavy atom. The minimum absolute atomic E-state index is 0.0999. The Kier molecular flexibility index (Phi) is 4.29. The molecule has 1 aliphatic carbocycles. The molecule has 0 saturated heterocycles. The van der Waals surface area contributed by atoms with Gasteiger partial charge >= 0.3 is 11.9 Å². The molecule has 2 aromatic rings. The van der Waals surface area contributed by atoms with Gasteiger partial charge in [0.25, 0.3) is 5.56 Å². The fourth-order valence-electron chi connectivity index (χ4n) is 4.13. The quantitative estimate of drug-likeness (QED) is 0.792. The van der Waals surface area contributed by atoms with Gasteiger partial charge in [0, 0.05) is 37.7 Å². The van der Waals surface area contributed by atoms with Gasteiger partial charge in [0.2, 0.25) is 0 Å². The number of nitrogens with zero attached hydrogens (tertiary/aromatic N) is 2. The van der Waals surface area contributed by atoms with Crippen LogP contribution in [0.5, 0.6) is 0 Å². The number of ketones is 1. The standard InChI is InChI=1S/C20H18F3N3O3/c1-25-17-16(18(28)26(2)19(25)29)14(15-12(24-17)7-4-8-13(15)27)10-5-3-6-11(9-10)20(21,22)23/h3,5-6,9,14,24H,4,7-8H2,1-2H3/t14-/m1/s1. The van der Waals surface area contributed by atoms with Gasteiger partial charge in [-0.15, -0.1) is 0 Å². The number of carbonyl (C=O) groups is 1. The molecular formula is C20H18F3N3O3. The fourth-order valence-corrected chi connectivity index (χ4v) is 4.13. The van der Waals surface area contributed by atoms with Crippen LogP contribution in [0.4, 0.5) is 19.0 Å². The molecule has 1 atom stereocenters. The van der Waals surface area contributed by atoms with Gasteiger partial charge in [-0.05, 0) is 24.5 Å². The molecule has 29 heavy (non-hydrogen) atoms. The Morgan fingerprint density at radius 1 is 1.07 bits per heavy atom. The first-order valence-electron chi connectivity index (χ1n) is 9.11. The second-order valence-electron chi connectivity index (χ2n) is 7.32. The van der Waals surface area contributed by atoms with E-state index in [2.05, 4.69) is 5.32 Å². The smallest absolute Gasteiger partial charge is 0.344 e. The van der Waals surface area contributed by atoms with Crippen LogP contribution >= 0.6 is 0 Å². The molecule has 0 unspecified atom stereocenters. The lowest BCUT2D eigenvalue weighted by Crippen LogP contribution is -2.44. The predicted molar refractivity (Wildman–Crippen MR) is 99.7 cm³/mol. The predicted octanol–water partition coefficient (Wildman–Crippen LogP) is 2.67. The van der Waals surface area contributed by atoms with Crippen LogP contribution in [0, 0.1) is 0 Å². The van der Waals surface area contributed by atoms with Gasteiger partial charge in [-0.3, -0.25) is 18.7 Å². The number of Topliss-reactive ketones (excluding diaryl/α,β-unsaturated/α-hetero) is 1. The van der Waals surface area contributed by atoms with Crippen LogP contribution in [0.2, 0.25) is 0 Å². The van der Waals surface area contributed by atoms with E-state index in [9.17, 15) is 27.6 Å². The average Bonchev–Trinajstić information content (AvgIpc) is 2.69. The van der Waals surface area contributed by atoms with Crippen LogP contribution in [0.1, 0.15) is 41.9 Å². The van der Waals surface area contributed by atoms with Crippen molar-refractivity contribution < 1.29 is 18.0 Å². The van der Waals surface area contributed by atoms with E-state index in [-0.39, 0.29) is 29.1 Å². The first-order valence-corrected chi connectivity index (χ1v) is 9.11. The number of hydrogen-bond donors (Lipinski definition) is 1. The number of halogens is 3. The number of allylic oxidation sites excluding steroid dienone is 2. The number of nitrogens with one attached hydrogen (secondary N) is 1. The van der Waals surface area contributed by atoms with Crippen molar-refractivity contribution in [2.24, 2.45) is 14.1 Å². The summed E-state index contributed by atoms with van der Waals surface area (Å²) in [5.41, 5.74) is -0.900. The van der Waals surface area contributed by atoms with Gasteiger partial charge in [0.05, 0.1) is 11.1 Å². The number of rotatable bonds is 1. The summed E-state index contributed by atoms with van der Waals surface area (Å²) in [6, 6.07) is 4.66. The van der Waals surface area contributed by atoms with Crippen LogP contribution in [0.25, 0.3) is 0 Å². The van der Waals surface area contributed by atoms with Crippen molar-refractivity contribution in [3.8, 4) is 0 Å². The molecular weight excluding hydrogens is 387 g/mol. The number of anilines is 1. The number of alkyl halides is 3. The van der Waals surface area contributed by atoms with Crippen LogP contribution in [-0.4, -0.2) is 14.9 Å². The van der Waals surface area contributed by atoms with E-state index in [0.717, 1.165) is 16.7 Å². The van der Waals surface area contributed by atoms with Crippen molar-refractivity contribution in [1.29, 1.82) is 0 Å². The number of benzene rings is 1. The first-order chi connectivity index (χ1) is 13.6. The molecule has 0 fully saturated rings. The highest BCUT2D eigenvalue weighted by Gasteiger charge is 2.39. The lowest BCUT2D eigenvalue weighted by molar-refractivity contribution is -0.137. The van der Waals surface area contributed by atoms with Crippen molar-refractivity contribution >= 4 is 11.6 Å². The summed E-state index contributed by atoms with van der Waals surface area (Å²) >= 11 is 0. The van der Waals surface area contributed by atoms with Crippen molar-refractivity contribution in [3.63, 3.8) is 0 Å². The zero-order chi connectivity index (χ0) is 21.1. The van der Waals surface area contributed by atoms with Crippen molar-refractivity contribution in [2.45, 2.75) is 31.4 Å². The van der Waals surface area contributed by atoms with Gasteiger partial charge in [-0.2, -0.15) is 13.2 Å². The Bertz CT molecular complexity index is 1190. The Hall–Kier alpha value is -3.10. The molecule has 1 aromatic heterocycles. The summed E-state index contributed by atoms with van der Waals surface area (Å²) in [5.74, 6) is -0.960. The molecule has 4 rings (SSSR count). The molecule has 0 bridgehead atoms. The maximum Gasteiger partial charge on any atom is 0.416 e. The van der Waals surface area contributed by atoms with E-state index in [4.69, 9.17) is 0 Å². The van der Waals surface area contributed by atoms with Gasteiger partial charge in [0.15, 0.2) is 5.78 Å². The highest BCUT2D eigenvalue weighted by molar-refractivity contribution is 6.00. The molecule has 0 amide bonds. The molecule has 1 N–H and O–H groups in total. The molecule has 0 spiro atoms. The molecule has 9 heteroatoms. The lowest BCUT2D eigenvalue weighted by Gasteiger charge is -2.34. The average molecular weight is 405 g/mol. The number of aromatic nitrogens is 2. The van der Waals surface area contributed by atoms with E-state index < -0.39 is 28.9 Å². The Labute approximate surface area is 163 Å². The summed E-state index contributed by atoms with van der Waals surface area (Å²) in [6.45, 7) is 0. The van der Waals surface area contributed by atoms with Gasteiger partial charge in [-0.25, -0.2) is 4.79 Å². The van der Waals surface area contributed by atoms with Crippen LogP contribution in [0.15, 0.2) is 45.1 Å². The monoisotopic (exact) mass is 405 g/mol. The van der Waals surface area contributed by atoms with Gasteiger partial charge in [0.1, 0.15) is 5.82 Å². The number of hydrogen-bond acceptors (Lipinski definition) is 4. The highest BCUT2D eigenvalue weighted by Crippen LogP contribution is 2.44. The second kappa shape index (κ2) is 6.47. The molecule has 1 aliphatic heterocycles. The first kappa shape index (κ1) is 19.2. The summed E-state index contributed by atoms with van der Waals surface area (Å²) < 4.78 is 42.0. The minimum Gasteiger partial charge on any atom is -0.344 e. The summed E-state index contributed by atoms with van der Waals surface area (Å²) in [4.78, 5) is 38.1. The molecule has 2 aliphatic rings. The van der Waals surface area contributed by atoms with Crippen LogP contribution in [0.3, 0.4) is 0 Å². The van der Waals surface area contributed by atoms with Gasteiger partial charge < -0.3 is 5.32 Å². The zero-order valence-corrected chi connectivity index (χ0v) is 15.8.